The van der Waals surface area contributed by atoms with Gasteiger partial charge in [-0.25, -0.2) is 19.3 Å². The van der Waals surface area contributed by atoms with Crippen molar-refractivity contribution < 1.29 is 4.39 Å². The molecule has 31 heavy (non-hydrogen) atoms. The first kappa shape index (κ1) is 19.7. The third-order valence-corrected chi connectivity index (χ3v) is 6.37. The van der Waals surface area contributed by atoms with Crippen LogP contribution in [0.15, 0.2) is 36.0 Å². The minimum Gasteiger partial charge on any atom is -0.342 e. The average Bonchev–Trinajstić information content (AvgIpc) is 3.40. The molecule has 0 radical (unpaired) electrons. The van der Waals surface area contributed by atoms with Gasteiger partial charge in [0.1, 0.15) is 17.3 Å². The first-order valence-electron chi connectivity index (χ1n) is 10.3. The Bertz CT molecular complexity index is 1250. The number of halogens is 1. The van der Waals surface area contributed by atoms with E-state index >= 15 is 0 Å². The molecule has 0 aliphatic carbocycles. The van der Waals surface area contributed by atoms with Gasteiger partial charge in [-0.3, -0.25) is 4.57 Å². The molecule has 1 aliphatic rings. The van der Waals surface area contributed by atoms with Gasteiger partial charge in [0.15, 0.2) is 17.5 Å². The van der Waals surface area contributed by atoms with Gasteiger partial charge in [-0.2, -0.15) is 0 Å². The molecule has 1 atom stereocenters. The topological polar surface area (TPSA) is 72.6 Å². The number of fused-ring (bicyclic) bond motifs is 3. The summed E-state index contributed by atoms with van der Waals surface area (Å²) in [5.74, 6) is 2.93. The Labute approximate surface area is 183 Å². The fourth-order valence-corrected chi connectivity index (χ4v) is 4.94. The maximum absolute atomic E-state index is 13.4. The number of benzene rings is 1. The zero-order chi connectivity index (χ0) is 21.7. The van der Waals surface area contributed by atoms with Gasteiger partial charge in [-0.1, -0.05) is 6.92 Å². The number of rotatable bonds is 4. The molecule has 0 saturated carbocycles. The van der Waals surface area contributed by atoms with Gasteiger partial charge in [-0.15, -0.1) is 21.5 Å². The van der Waals surface area contributed by atoms with Crippen LogP contribution in [0.2, 0.25) is 0 Å². The maximum atomic E-state index is 13.4. The van der Waals surface area contributed by atoms with E-state index in [1.54, 1.807) is 17.6 Å². The van der Waals surface area contributed by atoms with Gasteiger partial charge in [0.25, 0.3) is 0 Å². The van der Waals surface area contributed by atoms with Crippen molar-refractivity contribution in [3.8, 4) is 27.6 Å². The van der Waals surface area contributed by atoms with Gasteiger partial charge in [0, 0.05) is 11.6 Å². The van der Waals surface area contributed by atoms with Crippen molar-refractivity contribution in [2.45, 2.75) is 46.2 Å². The predicted octanol–water partition coefficient (Wildman–Crippen LogP) is 4.97. The Hall–Kier alpha value is -3.20. The van der Waals surface area contributed by atoms with Crippen LogP contribution in [0.5, 0.6) is 0 Å². The van der Waals surface area contributed by atoms with E-state index in [4.69, 9.17) is 4.98 Å². The fraction of sp³-hybridized carbons (Fsp3) is 0.318. The van der Waals surface area contributed by atoms with E-state index in [-0.39, 0.29) is 17.9 Å². The van der Waals surface area contributed by atoms with Crippen LogP contribution in [-0.2, 0) is 0 Å². The maximum Gasteiger partial charge on any atom is 0.174 e. The molecule has 1 aromatic carbocycles. The molecular weight excluding hydrogens is 413 g/mol. The summed E-state index contributed by atoms with van der Waals surface area (Å²) < 4.78 is 15.5. The summed E-state index contributed by atoms with van der Waals surface area (Å²) in [6, 6.07) is 6.63. The molecule has 9 heteroatoms. The molecule has 0 saturated heterocycles. The molecule has 158 valence electrons. The number of anilines is 1. The van der Waals surface area contributed by atoms with Gasteiger partial charge >= 0.3 is 0 Å². The molecule has 3 aromatic heterocycles. The van der Waals surface area contributed by atoms with Crippen LogP contribution in [0.4, 0.5) is 10.2 Å². The van der Waals surface area contributed by atoms with E-state index < -0.39 is 0 Å². The molecule has 7 nitrogen and oxygen atoms in total. The Morgan fingerprint density at radius 1 is 1.13 bits per heavy atom. The number of hydrogen-bond donors (Lipinski definition) is 0. The molecule has 4 aromatic rings. The summed E-state index contributed by atoms with van der Waals surface area (Å²) in [7, 11) is 0. The van der Waals surface area contributed by atoms with Gasteiger partial charge in [0.05, 0.1) is 28.3 Å². The monoisotopic (exact) mass is 435 g/mol. The van der Waals surface area contributed by atoms with E-state index in [1.165, 1.54) is 23.5 Å². The third kappa shape index (κ3) is 3.11. The molecule has 0 N–H and O–H groups in total. The van der Waals surface area contributed by atoms with Gasteiger partial charge < -0.3 is 4.90 Å². The SMILES string of the molecule is CC[C@@H]1c2nnc(C)n2-c2cnc(-c3scnc3-c3ccc(F)cc3)nc2N1C(C)C. The van der Waals surface area contributed by atoms with E-state index in [1.807, 2.05) is 13.1 Å². The first-order valence-corrected chi connectivity index (χ1v) is 11.1. The van der Waals surface area contributed by atoms with E-state index in [0.29, 0.717) is 5.82 Å². The highest BCUT2D eigenvalue weighted by Crippen LogP contribution is 2.41. The normalized spacial score (nSPS) is 15.3. The zero-order valence-corrected chi connectivity index (χ0v) is 18.6. The number of thiazole rings is 1. The second-order valence-corrected chi connectivity index (χ2v) is 8.66. The summed E-state index contributed by atoms with van der Waals surface area (Å²) in [6.07, 6.45) is 2.73. The summed E-state index contributed by atoms with van der Waals surface area (Å²) in [4.78, 5) is 17.4. The van der Waals surface area contributed by atoms with Crippen LogP contribution in [-0.4, -0.2) is 35.8 Å². The van der Waals surface area contributed by atoms with Crippen molar-refractivity contribution in [1.82, 2.24) is 29.7 Å². The van der Waals surface area contributed by atoms with Crippen molar-refractivity contribution in [2.24, 2.45) is 0 Å². The fourth-order valence-electron chi connectivity index (χ4n) is 4.19. The smallest absolute Gasteiger partial charge is 0.174 e. The third-order valence-electron chi connectivity index (χ3n) is 5.55. The average molecular weight is 436 g/mol. The predicted molar refractivity (Wildman–Crippen MR) is 119 cm³/mol. The standard InChI is InChI=1S/C22H22FN7S/c1-5-16-22-28-27-13(4)30(22)17-10-24-20(26-21(17)29(16)12(2)3)19-18(25-11-31-19)14-6-8-15(23)9-7-14/h6-12,16H,5H2,1-4H3/t16-/m1/s1. The molecule has 0 spiro atoms. The van der Waals surface area contributed by atoms with Crippen LogP contribution in [0.3, 0.4) is 0 Å². The number of aryl methyl sites for hydroxylation is 1. The Kier molecular flexibility index (Phi) is 4.77. The quantitative estimate of drug-likeness (QED) is 0.450. The second kappa shape index (κ2) is 7.49. The Morgan fingerprint density at radius 3 is 2.61 bits per heavy atom. The molecule has 0 amide bonds. The molecule has 4 heterocycles. The molecule has 1 aliphatic heterocycles. The lowest BCUT2D eigenvalue weighted by Crippen LogP contribution is -2.40. The highest BCUT2D eigenvalue weighted by molar-refractivity contribution is 7.13. The molecule has 0 fully saturated rings. The summed E-state index contributed by atoms with van der Waals surface area (Å²) >= 11 is 1.48. The summed E-state index contributed by atoms with van der Waals surface area (Å²) in [5.41, 5.74) is 4.24. The van der Waals surface area contributed by atoms with Crippen molar-refractivity contribution >= 4 is 17.2 Å². The second-order valence-electron chi connectivity index (χ2n) is 7.81. The summed E-state index contributed by atoms with van der Waals surface area (Å²) in [5, 5.41) is 8.76. The van der Waals surface area contributed by atoms with Crippen molar-refractivity contribution in [1.29, 1.82) is 0 Å². The van der Waals surface area contributed by atoms with Crippen LogP contribution in [0, 0.1) is 12.7 Å². The number of aromatic nitrogens is 6. The van der Waals surface area contributed by atoms with Crippen LogP contribution < -0.4 is 4.90 Å². The van der Waals surface area contributed by atoms with Crippen molar-refractivity contribution in [2.75, 3.05) is 4.90 Å². The van der Waals surface area contributed by atoms with E-state index in [0.717, 1.165) is 45.7 Å². The minimum absolute atomic E-state index is 0.0782. The summed E-state index contributed by atoms with van der Waals surface area (Å²) in [6.45, 7) is 8.41. The molecule has 0 bridgehead atoms. The highest BCUT2D eigenvalue weighted by Gasteiger charge is 2.36. The highest BCUT2D eigenvalue weighted by atomic mass is 32.1. The van der Waals surface area contributed by atoms with Crippen LogP contribution >= 0.6 is 11.3 Å². The van der Waals surface area contributed by atoms with Crippen molar-refractivity contribution in [3.05, 3.63) is 53.4 Å². The lowest BCUT2D eigenvalue weighted by molar-refractivity contribution is 0.496. The minimum atomic E-state index is -0.274. The molecule has 0 unspecified atom stereocenters. The van der Waals surface area contributed by atoms with E-state index in [2.05, 4.69) is 50.4 Å². The lowest BCUT2D eigenvalue weighted by Gasteiger charge is -2.39. The van der Waals surface area contributed by atoms with Gasteiger partial charge in [-0.05, 0) is 51.5 Å². The largest absolute Gasteiger partial charge is 0.342 e. The van der Waals surface area contributed by atoms with Crippen molar-refractivity contribution in [3.63, 3.8) is 0 Å². The number of hydrogen-bond acceptors (Lipinski definition) is 7. The Balaban J connectivity index is 1.68. The molecular formula is C22H22FN7S. The lowest BCUT2D eigenvalue weighted by atomic mass is 10.1. The number of nitrogens with zero attached hydrogens (tertiary/aromatic N) is 7. The zero-order valence-electron chi connectivity index (χ0n) is 17.7. The van der Waals surface area contributed by atoms with E-state index in [9.17, 15) is 4.39 Å². The van der Waals surface area contributed by atoms with Crippen LogP contribution in [0.1, 0.15) is 44.9 Å². The van der Waals surface area contributed by atoms with Crippen LogP contribution in [0.25, 0.3) is 27.6 Å². The molecule has 5 rings (SSSR count). The van der Waals surface area contributed by atoms with Gasteiger partial charge in [0.2, 0.25) is 0 Å². The first-order chi connectivity index (χ1) is 15.0. The Morgan fingerprint density at radius 2 is 1.90 bits per heavy atom.